The summed E-state index contributed by atoms with van der Waals surface area (Å²) in [5.41, 5.74) is 3.58. The molecular weight excluding hydrogens is 465 g/mol. The molecule has 5 heteroatoms. The van der Waals surface area contributed by atoms with E-state index >= 15 is 0 Å². The van der Waals surface area contributed by atoms with Crippen LogP contribution in [0.25, 0.3) is 0 Å². The number of methoxy groups -OCH3 is 1. The lowest BCUT2D eigenvalue weighted by Gasteiger charge is -2.32. The summed E-state index contributed by atoms with van der Waals surface area (Å²) >= 11 is 12.2. The van der Waals surface area contributed by atoms with Crippen molar-refractivity contribution in [3.63, 3.8) is 0 Å². The monoisotopic (exact) mass is 501 g/mol. The highest BCUT2D eigenvalue weighted by Gasteiger charge is 2.22. The van der Waals surface area contributed by atoms with E-state index in [0.29, 0.717) is 5.92 Å². The first-order chi connectivity index (χ1) is 17.1. The highest BCUT2D eigenvalue weighted by Crippen LogP contribution is 2.30. The standard InChI is InChI=1S/C28H31Cl2NO2.CH4/c1-32-27-12-2-21(3-13-27)14-17-31-18-15-22(16-19-31)20-33-28(23-4-8-25(29)9-5-23)24-6-10-26(30)11-7-24;/h2-13,22,28H,14-20H2,1H3;1H4/i;1T. The van der Waals surface area contributed by atoms with E-state index in [9.17, 15) is 0 Å². The molecule has 3 aromatic carbocycles. The second-order valence-electron chi connectivity index (χ2n) is 8.70. The molecule has 1 aliphatic rings. The van der Waals surface area contributed by atoms with Crippen molar-refractivity contribution < 1.29 is 10.8 Å². The first-order valence-electron chi connectivity index (χ1n) is 12.6. The van der Waals surface area contributed by atoms with Crippen LogP contribution in [0.15, 0.2) is 72.8 Å². The largest absolute Gasteiger partial charge is 0.497 e. The van der Waals surface area contributed by atoms with Crippen LogP contribution < -0.4 is 4.74 Å². The lowest BCUT2D eigenvalue weighted by Crippen LogP contribution is -2.36. The highest BCUT2D eigenvalue weighted by atomic mass is 35.5. The van der Waals surface area contributed by atoms with Crippen LogP contribution in [0.3, 0.4) is 0 Å². The maximum atomic E-state index is 6.50. The van der Waals surface area contributed by atoms with Gasteiger partial charge >= 0.3 is 0 Å². The van der Waals surface area contributed by atoms with Gasteiger partial charge in [-0.25, -0.2) is 0 Å². The minimum Gasteiger partial charge on any atom is -0.497 e. The SMILES string of the molecule is COc1ccc(CCN2CCC(COC(c3ccc(Cl)cc3)c3ccc(Cl)cc3)CC2)cc1.[3H]C. The molecule has 0 N–H and O–H groups in total. The minimum atomic E-state index is -0.118. The number of piperidine rings is 1. The van der Waals surface area contributed by atoms with Crippen molar-refractivity contribution in [2.45, 2.75) is 32.8 Å². The van der Waals surface area contributed by atoms with Crippen molar-refractivity contribution in [2.24, 2.45) is 5.92 Å². The summed E-state index contributed by atoms with van der Waals surface area (Å²) in [6.45, 7) is 4.09. The molecule has 3 nitrogen and oxygen atoms in total. The summed E-state index contributed by atoms with van der Waals surface area (Å²) < 4.78 is 17.5. The van der Waals surface area contributed by atoms with Crippen molar-refractivity contribution in [1.82, 2.24) is 4.90 Å². The fourth-order valence-corrected chi connectivity index (χ4v) is 4.60. The van der Waals surface area contributed by atoms with Gasteiger partial charge in [0.15, 0.2) is 0 Å². The van der Waals surface area contributed by atoms with E-state index in [1.54, 1.807) is 7.11 Å². The average molecular weight is 503 g/mol. The summed E-state index contributed by atoms with van der Waals surface area (Å²) in [6, 6.07) is 24.3. The van der Waals surface area contributed by atoms with Crippen LogP contribution in [-0.2, 0) is 11.2 Å². The van der Waals surface area contributed by atoms with Gasteiger partial charge in [-0.05, 0) is 91.4 Å². The number of halogens is 2. The van der Waals surface area contributed by atoms with Gasteiger partial charge in [-0.1, -0.05) is 67.0 Å². The van der Waals surface area contributed by atoms with E-state index in [-0.39, 0.29) is 6.10 Å². The number of hydrogen-bond donors (Lipinski definition) is 0. The molecule has 1 saturated heterocycles. The molecule has 0 saturated carbocycles. The Kier molecular flexibility index (Phi) is 9.70. The molecule has 1 heterocycles. The summed E-state index contributed by atoms with van der Waals surface area (Å²) in [7, 11) is 2.95. The Labute approximate surface area is 216 Å². The predicted octanol–water partition coefficient (Wildman–Crippen LogP) is 7.70. The lowest BCUT2D eigenvalue weighted by molar-refractivity contribution is 0.0311. The molecule has 3 aromatic rings. The van der Waals surface area contributed by atoms with Gasteiger partial charge in [0.2, 0.25) is 0 Å². The summed E-state index contributed by atoms with van der Waals surface area (Å²) in [5.74, 6) is 1.49. The van der Waals surface area contributed by atoms with Crippen LogP contribution in [0.4, 0.5) is 0 Å². The molecule has 0 aliphatic carbocycles. The molecule has 4 rings (SSSR count). The second-order valence-corrected chi connectivity index (χ2v) is 9.57. The quantitative estimate of drug-likeness (QED) is 0.299. The lowest BCUT2D eigenvalue weighted by atomic mass is 9.96. The molecule has 182 valence electrons. The third-order valence-corrected chi connectivity index (χ3v) is 6.93. The number of likely N-dealkylation sites (tertiary alicyclic amines) is 1. The zero-order valence-electron chi connectivity index (χ0n) is 21.1. The van der Waals surface area contributed by atoms with Gasteiger partial charge < -0.3 is 14.4 Å². The van der Waals surface area contributed by atoms with Crippen LogP contribution in [0, 0.1) is 5.92 Å². The van der Waals surface area contributed by atoms with Gasteiger partial charge in [-0.3, -0.25) is 0 Å². The summed E-state index contributed by atoms with van der Waals surface area (Å²) in [5, 5.41) is 1.46. The Bertz CT molecular complexity index is 943. The molecular formula is C29H35Cl2NO2. The molecule has 34 heavy (non-hydrogen) atoms. The average Bonchev–Trinajstić information content (AvgIpc) is 2.91. The van der Waals surface area contributed by atoms with E-state index in [2.05, 4.69) is 17.0 Å². The molecule has 0 atom stereocenters. The maximum absolute atomic E-state index is 6.50. The zero-order chi connectivity index (χ0) is 25.0. The van der Waals surface area contributed by atoms with Crippen LogP contribution in [0.1, 0.15) is 44.4 Å². The maximum Gasteiger partial charge on any atom is 0.118 e. The van der Waals surface area contributed by atoms with Crippen molar-refractivity contribution in [1.29, 1.82) is 0 Å². The van der Waals surface area contributed by atoms with Crippen LogP contribution in [0.5, 0.6) is 5.75 Å². The number of nitrogens with zero attached hydrogens (tertiary/aromatic N) is 1. The molecule has 0 aromatic heterocycles. The van der Waals surface area contributed by atoms with Gasteiger partial charge in [-0.15, -0.1) is 0 Å². The van der Waals surface area contributed by atoms with Crippen LogP contribution in [0.2, 0.25) is 10.0 Å². The molecule has 0 unspecified atom stereocenters. The molecule has 1 fully saturated rings. The Balaban J connectivity index is 0.00000167. The van der Waals surface area contributed by atoms with E-state index in [4.69, 9.17) is 34.0 Å². The number of benzene rings is 3. The summed E-state index contributed by atoms with van der Waals surface area (Å²) in [6.07, 6.45) is 3.28. The molecule has 0 amide bonds. The van der Waals surface area contributed by atoms with Gasteiger partial charge in [-0.2, -0.15) is 0 Å². The van der Waals surface area contributed by atoms with Crippen molar-refractivity contribution in [3.8, 4) is 5.75 Å². The number of hydrogen-bond acceptors (Lipinski definition) is 3. The first kappa shape index (κ1) is 25.1. The van der Waals surface area contributed by atoms with Gasteiger partial charge in [0, 0.05) is 18.0 Å². The zero-order valence-corrected chi connectivity index (χ0v) is 21.6. The first-order valence-corrected chi connectivity index (χ1v) is 12.3. The van der Waals surface area contributed by atoms with E-state index in [0.717, 1.165) is 72.4 Å². The van der Waals surface area contributed by atoms with E-state index in [1.165, 1.54) is 13.0 Å². The van der Waals surface area contributed by atoms with Gasteiger partial charge in [0.25, 0.3) is 0 Å². The smallest absolute Gasteiger partial charge is 0.118 e. The van der Waals surface area contributed by atoms with Crippen LogP contribution in [-0.4, -0.2) is 38.3 Å². The Hall–Kier alpha value is -2.04. The Morgan fingerprint density at radius 2 is 1.41 bits per heavy atom. The predicted molar refractivity (Wildman–Crippen MR) is 143 cm³/mol. The normalized spacial score (nSPS) is 14.9. The molecule has 0 bridgehead atoms. The van der Waals surface area contributed by atoms with Crippen molar-refractivity contribution >= 4 is 23.2 Å². The molecule has 0 spiro atoms. The van der Waals surface area contributed by atoms with Gasteiger partial charge in [0.1, 0.15) is 11.9 Å². The number of ether oxygens (including phenoxy) is 2. The third-order valence-electron chi connectivity index (χ3n) is 6.43. The second kappa shape index (κ2) is 13.2. The van der Waals surface area contributed by atoms with E-state index in [1.807, 2.05) is 60.7 Å². The highest BCUT2D eigenvalue weighted by molar-refractivity contribution is 6.30. The Morgan fingerprint density at radius 3 is 1.91 bits per heavy atom. The third kappa shape index (κ3) is 7.48. The fraction of sp³-hybridized carbons (Fsp3) is 0.379. The van der Waals surface area contributed by atoms with Gasteiger partial charge in [0.05, 0.1) is 13.7 Å². The molecule has 1 aliphatic heterocycles. The Morgan fingerprint density at radius 1 is 0.882 bits per heavy atom. The van der Waals surface area contributed by atoms with Crippen molar-refractivity contribution in [2.75, 3.05) is 33.4 Å². The van der Waals surface area contributed by atoms with Crippen molar-refractivity contribution in [3.05, 3.63) is 99.5 Å². The topological polar surface area (TPSA) is 21.7 Å². The van der Waals surface area contributed by atoms with E-state index < -0.39 is 0 Å². The minimum absolute atomic E-state index is 0.118. The summed E-state index contributed by atoms with van der Waals surface area (Å²) in [4.78, 5) is 2.57. The fourth-order valence-electron chi connectivity index (χ4n) is 4.35. The molecule has 0 radical (unpaired) electrons. The van der Waals surface area contributed by atoms with Crippen LogP contribution >= 0.6 is 23.2 Å². The number of rotatable bonds is 9.